The summed E-state index contributed by atoms with van der Waals surface area (Å²) >= 11 is 5.98. The number of amides is 1. The lowest BCUT2D eigenvalue weighted by molar-refractivity contribution is 0.102. The van der Waals surface area contributed by atoms with Crippen LogP contribution in [0.4, 0.5) is 5.69 Å². The number of aryl methyl sites for hydroxylation is 1. The molecule has 0 unspecified atom stereocenters. The van der Waals surface area contributed by atoms with Gasteiger partial charge in [-0.1, -0.05) is 17.7 Å². The van der Waals surface area contributed by atoms with Gasteiger partial charge in [0.15, 0.2) is 11.5 Å². The first kappa shape index (κ1) is 17.0. The molecule has 0 fully saturated rings. The van der Waals surface area contributed by atoms with E-state index in [-0.39, 0.29) is 5.91 Å². The second-order valence-electron chi connectivity index (χ2n) is 4.82. The smallest absolute Gasteiger partial charge is 0.259 e. The van der Waals surface area contributed by atoms with Crippen LogP contribution in [0, 0.1) is 6.92 Å². The second-order valence-corrected chi connectivity index (χ2v) is 5.26. The van der Waals surface area contributed by atoms with Gasteiger partial charge in [-0.05, 0) is 24.6 Å². The summed E-state index contributed by atoms with van der Waals surface area (Å²) in [5.74, 6) is 0.995. The zero-order valence-electron chi connectivity index (χ0n) is 13.4. The van der Waals surface area contributed by atoms with E-state index in [0.29, 0.717) is 33.5 Å². The molecule has 122 valence electrons. The fourth-order valence-corrected chi connectivity index (χ4v) is 2.30. The van der Waals surface area contributed by atoms with Crippen molar-refractivity contribution in [3.8, 4) is 17.2 Å². The van der Waals surface area contributed by atoms with Crippen LogP contribution in [0.25, 0.3) is 0 Å². The van der Waals surface area contributed by atoms with Crippen LogP contribution in [0.5, 0.6) is 17.2 Å². The molecule has 0 spiro atoms. The second kappa shape index (κ2) is 7.24. The largest absolute Gasteiger partial charge is 0.496 e. The minimum atomic E-state index is -0.326. The molecule has 2 aromatic rings. The summed E-state index contributed by atoms with van der Waals surface area (Å²) in [6.07, 6.45) is 0. The van der Waals surface area contributed by atoms with Crippen molar-refractivity contribution >= 4 is 23.2 Å². The number of methoxy groups -OCH3 is 3. The highest BCUT2D eigenvalue weighted by molar-refractivity contribution is 6.31. The van der Waals surface area contributed by atoms with Crippen LogP contribution in [0.3, 0.4) is 0 Å². The van der Waals surface area contributed by atoms with E-state index in [1.807, 2.05) is 13.0 Å². The Morgan fingerprint density at radius 2 is 1.57 bits per heavy atom. The van der Waals surface area contributed by atoms with Crippen LogP contribution >= 0.6 is 11.6 Å². The topological polar surface area (TPSA) is 56.8 Å². The van der Waals surface area contributed by atoms with Crippen LogP contribution in [0.1, 0.15) is 15.9 Å². The number of benzene rings is 2. The summed E-state index contributed by atoms with van der Waals surface area (Å²) in [4.78, 5) is 12.6. The number of ether oxygens (including phenoxy) is 3. The summed E-state index contributed by atoms with van der Waals surface area (Å²) in [6, 6.07) is 8.49. The summed E-state index contributed by atoms with van der Waals surface area (Å²) in [6.45, 7) is 1.89. The first-order valence-electron chi connectivity index (χ1n) is 6.87. The highest BCUT2D eigenvalue weighted by Crippen LogP contribution is 2.35. The number of anilines is 1. The molecule has 1 amide bonds. The summed E-state index contributed by atoms with van der Waals surface area (Å²) in [5, 5.41) is 3.38. The molecule has 2 rings (SSSR count). The Morgan fingerprint density at radius 3 is 2.17 bits per heavy atom. The van der Waals surface area contributed by atoms with Crippen LogP contribution in [0.2, 0.25) is 5.02 Å². The lowest BCUT2D eigenvalue weighted by atomic mass is 10.1. The maximum atomic E-state index is 12.6. The Balaban J connectivity index is 2.40. The molecule has 0 atom stereocenters. The summed E-state index contributed by atoms with van der Waals surface area (Å²) < 4.78 is 15.7. The van der Waals surface area contributed by atoms with Crippen molar-refractivity contribution in [1.29, 1.82) is 0 Å². The van der Waals surface area contributed by atoms with Crippen LogP contribution < -0.4 is 19.5 Å². The molecule has 1 N–H and O–H groups in total. The number of rotatable bonds is 5. The van der Waals surface area contributed by atoms with Crippen molar-refractivity contribution in [3.05, 3.63) is 46.5 Å². The van der Waals surface area contributed by atoms with Gasteiger partial charge in [0.2, 0.25) is 0 Å². The van der Waals surface area contributed by atoms with Crippen molar-refractivity contribution in [2.75, 3.05) is 26.6 Å². The minimum Gasteiger partial charge on any atom is -0.496 e. The van der Waals surface area contributed by atoms with Gasteiger partial charge in [0.1, 0.15) is 5.75 Å². The third kappa shape index (κ3) is 3.68. The average molecular weight is 336 g/mol. The number of hydrogen-bond acceptors (Lipinski definition) is 4. The van der Waals surface area contributed by atoms with Gasteiger partial charge < -0.3 is 19.5 Å². The van der Waals surface area contributed by atoms with E-state index in [4.69, 9.17) is 25.8 Å². The molecular weight excluding hydrogens is 318 g/mol. The van der Waals surface area contributed by atoms with Gasteiger partial charge in [-0.3, -0.25) is 4.79 Å². The molecule has 0 heterocycles. The predicted molar refractivity (Wildman–Crippen MR) is 90.2 cm³/mol. The molecule has 2 aromatic carbocycles. The van der Waals surface area contributed by atoms with Gasteiger partial charge in [0, 0.05) is 22.8 Å². The number of carbonyl (C=O) groups is 1. The highest BCUT2D eigenvalue weighted by Gasteiger charge is 2.18. The molecule has 0 radical (unpaired) electrons. The first-order chi connectivity index (χ1) is 11.0. The monoisotopic (exact) mass is 335 g/mol. The molecule has 0 saturated carbocycles. The Morgan fingerprint density at radius 1 is 0.957 bits per heavy atom. The van der Waals surface area contributed by atoms with E-state index in [2.05, 4.69) is 5.32 Å². The van der Waals surface area contributed by atoms with Crippen LogP contribution in [-0.4, -0.2) is 27.2 Å². The lowest BCUT2D eigenvalue weighted by Crippen LogP contribution is -2.14. The zero-order valence-corrected chi connectivity index (χ0v) is 14.2. The van der Waals surface area contributed by atoms with Gasteiger partial charge in [0.25, 0.3) is 5.91 Å². The molecular formula is C17H18ClNO4. The van der Waals surface area contributed by atoms with Crippen molar-refractivity contribution in [3.63, 3.8) is 0 Å². The maximum Gasteiger partial charge on any atom is 0.259 e. The SMILES string of the molecule is COc1cc(OC)c(C(=O)Nc2cc(Cl)ccc2C)cc1OC. The quantitative estimate of drug-likeness (QED) is 0.899. The van der Waals surface area contributed by atoms with Gasteiger partial charge >= 0.3 is 0 Å². The maximum absolute atomic E-state index is 12.6. The van der Waals surface area contributed by atoms with E-state index < -0.39 is 0 Å². The van der Waals surface area contributed by atoms with E-state index in [9.17, 15) is 4.79 Å². The summed E-state index contributed by atoms with van der Waals surface area (Å²) in [5.41, 5.74) is 1.88. The van der Waals surface area contributed by atoms with Crippen LogP contribution in [-0.2, 0) is 0 Å². The Kier molecular flexibility index (Phi) is 5.34. The predicted octanol–water partition coefficient (Wildman–Crippen LogP) is 3.93. The van der Waals surface area contributed by atoms with Gasteiger partial charge in [-0.15, -0.1) is 0 Å². The van der Waals surface area contributed by atoms with Gasteiger partial charge in [0.05, 0.1) is 26.9 Å². The first-order valence-corrected chi connectivity index (χ1v) is 7.25. The molecule has 5 nitrogen and oxygen atoms in total. The van der Waals surface area contributed by atoms with E-state index >= 15 is 0 Å². The van der Waals surface area contributed by atoms with E-state index in [0.717, 1.165) is 5.56 Å². The molecule has 0 aliphatic heterocycles. The van der Waals surface area contributed by atoms with E-state index in [1.54, 1.807) is 24.3 Å². The standard InChI is InChI=1S/C17H18ClNO4/c1-10-5-6-11(18)7-13(10)19-17(20)12-8-15(22-3)16(23-4)9-14(12)21-2/h5-9H,1-4H3,(H,19,20). The average Bonchev–Trinajstić information content (AvgIpc) is 2.56. The Hall–Kier alpha value is -2.40. The van der Waals surface area contributed by atoms with Crippen LogP contribution in [0.15, 0.2) is 30.3 Å². The summed E-state index contributed by atoms with van der Waals surface area (Å²) in [7, 11) is 4.52. The third-order valence-corrected chi connectivity index (χ3v) is 3.63. The highest BCUT2D eigenvalue weighted by atomic mass is 35.5. The molecule has 0 saturated heterocycles. The van der Waals surface area contributed by atoms with Crippen molar-refractivity contribution in [2.45, 2.75) is 6.92 Å². The number of nitrogens with one attached hydrogen (secondary N) is 1. The van der Waals surface area contributed by atoms with Crippen molar-refractivity contribution in [2.24, 2.45) is 0 Å². The molecule has 0 aliphatic rings. The molecule has 0 aromatic heterocycles. The van der Waals surface area contributed by atoms with Gasteiger partial charge in [-0.2, -0.15) is 0 Å². The Labute approximate surface area is 140 Å². The lowest BCUT2D eigenvalue weighted by Gasteiger charge is -2.15. The third-order valence-electron chi connectivity index (χ3n) is 3.40. The minimum absolute atomic E-state index is 0.326. The van der Waals surface area contributed by atoms with E-state index in [1.165, 1.54) is 21.3 Å². The zero-order chi connectivity index (χ0) is 17.0. The fourth-order valence-electron chi connectivity index (χ4n) is 2.13. The number of hydrogen-bond donors (Lipinski definition) is 1. The number of halogens is 1. The molecule has 0 bridgehead atoms. The Bertz CT molecular complexity index is 731. The molecule has 23 heavy (non-hydrogen) atoms. The molecule has 6 heteroatoms. The normalized spacial score (nSPS) is 10.1. The van der Waals surface area contributed by atoms with Gasteiger partial charge in [-0.25, -0.2) is 0 Å². The molecule has 0 aliphatic carbocycles. The van der Waals surface area contributed by atoms with Crippen molar-refractivity contribution in [1.82, 2.24) is 0 Å². The fraction of sp³-hybridized carbons (Fsp3) is 0.235. The number of carbonyl (C=O) groups excluding carboxylic acids is 1. The van der Waals surface area contributed by atoms with Crippen molar-refractivity contribution < 1.29 is 19.0 Å².